The lowest BCUT2D eigenvalue weighted by atomic mass is 9.97. The summed E-state index contributed by atoms with van der Waals surface area (Å²) in [5.74, 6) is 0.582. The van der Waals surface area contributed by atoms with Gasteiger partial charge in [0.05, 0.1) is 5.69 Å². The monoisotopic (exact) mass is 219 g/mol. The van der Waals surface area contributed by atoms with Crippen LogP contribution in [0, 0.1) is 0 Å². The standard InChI is InChI=1S/C12H17N3O/c1-2-14-5-6-15-12(14)9-11(13-15)10-3-7-16-8-4-10/h5-6,9-10H,2-4,7-8H2,1H3. The topological polar surface area (TPSA) is 31.5 Å². The van der Waals surface area contributed by atoms with Crippen LogP contribution in [0.3, 0.4) is 0 Å². The summed E-state index contributed by atoms with van der Waals surface area (Å²) in [4.78, 5) is 0. The molecular weight excluding hydrogens is 202 g/mol. The molecular formula is C12H17N3O. The molecule has 0 saturated carbocycles. The van der Waals surface area contributed by atoms with Crippen molar-refractivity contribution >= 4 is 5.65 Å². The van der Waals surface area contributed by atoms with E-state index in [2.05, 4.69) is 28.9 Å². The molecule has 0 aliphatic carbocycles. The highest BCUT2D eigenvalue weighted by atomic mass is 16.5. The minimum absolute atomic E-state index is 0.582. The number of hydrogen-bond acceptors (Lipinski definition) is 2. The molecule has 1 aliphatic heterocycles. The number of rotatable bonds is 2. The first-order valence-corrected chi connectivity index (χ1v) is 6.00. The van der Waals surface area contributed by atoms with Gasteiger partial charge in [0.1, 0.15) is 5.65 Å². The van der Waals surface area contributed by atoms with E-state index in [4.69, 9.17) is 4.74 Å². The van der Waals surface area contributed by atoms with E-state index in [0.29, 0.717) is 5.92 Å². The van der Waals surface area contributed by atoms with Crippen LogP contribution < -0.4 is 0 Å². The zero-order valence-corrected chi connectivity index (χ0v) is 9.59. The number of nitrogens with zero attached hydrogens (tertiary/aromatic N) is 3. The largest absolute Gasteiger partial charge is 0.381 e. The molecule has 0 amide bonds. The van der Waals surface area contributed by atoms with Gasteiger partial charge in [-0.25, -0.2) is 4.52 Å². The van der Waals surface area contributed by atoms with Crippen molar-refractivity contribution < 1.29 is 4.74 Å². The van der Waals surface area contributed by atoms with Crippen molar-refractivity contribution in [1.29, 1.82) is 0 Å². The highest BCUT2D eigenvalue weighted by Crippen LogP contribution is 2.26. The van der Waals surface area contributed by atoms with Crippen molar-refractivity contribution in [2.45, 2.75) is 32.2 Å². The van der Waals surface area contributed by atoms with E-state index >= 15 is 0 Å². The molecule has 2 aromatic heterocycles. The van der Waals surface area contributed by atoms with Crippen molar-refractivity contribution in [2.75, 3.05) is 13.2 Å². The summed E-state index contributed by atoms with van der Waals surface area (Å²) in [7, 11) is 0. The Balaban J connectivity index is 1.94. The highest BCUT2D eigenvalue weighted by molar-refractivity contribution is 5.42. The van der Waals surface area contributed by atoms with Crippen molar-refractivity contribution in [3.05, 3.63) is 24.2 Å². The Morgan fingerprint density at radius 2 is 2.19 bits per heavy atom. The van der Waals surface area contributed by atoms with E-state index in [1.165, 1.54) is 11.3 Å². The summed E-state index contributed by atoms with van der Waals surface area (Å²) in [5, 5.41) is 4.65. The number of ether oxygens (including phenoxy) is 1. The lowest BCUT2D eigenvalue weighted by Gasteiger charge is -2.19. The summed E-state index contributed by atoms with van der Waals surface area (Å²) in [6.45, 7) is 4.90. The quantitative estimate of drug-likeness (QED) is 0.774. The molecule has 1 fully saturated rings. The van der Waals surface area contributed by atoms with Gasteiger partial charge < -0.3 is 9.30 Å². The highest BCUT2D eigenvalue weighted by Gasteiger charge is 2.19. The molecule has 1 saturated heterocycles. The van der Waals surface area contributed by atoms with E-state index in [9.17, 15) is 0 Å². The maximum absolute atomic E-state index is 5.38. The number of hydrogen-bond donors (Lipinski definition) is 0. The van der Waals surface area contributed by atoms with Gasteiger partial charge in [-0.3, -0.25) is 0 Å². The van der Waals surface area contributed by atoms with Gasteiger partial charge in [-0.2, -0.15) is 5.10 Å². The first kappa shape index (κ1) is 9.90. The first-order chi connectivity index (χ1) is 7.88. The maximum Gasteiger partial charge on any atom is 0.135 e. The van der Waals surface area contributed by atoms with Gasteiger partial charge >= 0.3 is 0 Å². The van der Waals surface area contributed by atoms with Gasteiger partial charge in [-0.15, -0.1) is 0 Å². The van der Waals surface area contributed by atoms with E-state index in [1.807, 2.05) is 10.7 Å². The molecule has 1 aliphatic rings. The molecule has 16 heavy (non-hydrogen) atoms. The predicted octanol–water partition coefficient (Wildman–Crippen LogP) is 2.05. The predicted molar refractivity (Wildman–Crippen MR) is 61.7 cm³/mol. The zero-order valence-electron chi connectivity index (χ0n) is 9.59. The third-order valence-corrected chi connectivity index (χ3v) is 3.40. The Kier molecular flexibility index (Phi) is 2.44. The molecule has 86 valence electrons. The van der Waals surface area contributed by atoms with Crippen LogP contribution in [0.2, 0.25) is 0 Å². The first-order valence-electron chi connectivity index (χ1n) is 6.00. The summed E-state index contributed by atoms with van der Waals surface area (Å²) in [6, 6.07) is 2.22. The summed E-state index contributed by atoms with van der Waals surface area (Å²) in [6.07, 6.45) is 6.32. The molecule has 0 spiro atoms. The summed E-state index contributed by atoms with van der Waals surface area (Å²) >= 11 is 0. The van der Waals surface area contributed by atoms with Gasteiger partial charge in [0.2, 0.25) is 0 Å². The van der Waals surface area contributed by atoms with Crippen LogP contribution in [0.5, 0.6) is 0 Å². The summed E-state index contributed by atoms with van der Waals surface area (Å²) < 4.78 is 9.58. The Bertz CT molecular complexity index is 479. The summed E-state index contributed by atoms with van der Waals surface area (Å²) in [5.41, 5.74) is 2.42. The van der Waals surface area contributed by atoms with Crippen LogP contribution >= 0.6 is 0 Å². The van der Waals surface area contributed by atoms with Crippen molar-refractivity contribution in [3.8, 4) is 0 Å². The number of fused-ring (bicyclic) bond motifs is 1. The molecule has 0 bridgehead atoms. The van der Waals surface area contributed by atoms with Crippen LogP contribution in [0.15, 0.2) is 18.5 Å². The minimum Gasteiger partial charge on any atom is -0.381 e. The molecule has 2 aromatic rings. The van der Waals surface area contributed by atoms with E-state index in [-0.39, 0.29) is 0 Å². The second-order valence-corrected chi connectivity index (χ2v) is 4.34. The molecule has 4 nitrogen and oxygen atoms in total. The lowest BCUT2D eigenvalue weighted by molar-refractivity contribution is 0.0844. The third kappa shape index (κ3) is 1.53. The Labute approximate surface area is 94.8 Å². The SMILES string of the molecule is CCn1ccn2nc(C3CCOCC3)cc12. The molecule has 0 N–H and O–H groups in total. The van der Waals surface area contributed by atoms with Crippen molar-refractivity contribution in [1.82, 2.24) is 14.2 Å². The molecule has 4 heteroatoms. The molecule has 0 radical (unpaired) electrons. The number of aromatic nitrogens is 3. The second-order valence-electron chi connectivity index (χ2n) is 4.34. The van der Waals surface area contributed by atoms with Crippen LogP contribution in [-0.2, 0) is 11.3 Å². The fourth-order valence-corrected chi connectivity index (χ4v) is 2.41. The maximum atomic E-state index is 5.38. The van der Waals surface area contributed by atoms with Gasteiger partial charge in [0.25, 0.3) is 0 Å². The Morgan fingerprint density at radius 3 is 2.94 bits per heavy atom. The van der Waals surface area contributed by atoms with E-state index < -0.39 is 0 Å². The second kappa shape index (κ2) is 3.94. The average Bonchev–Trinajstić information content (AvgIpc) is 2.89. The zero-order chi connectivity index (χ0) is 11.0. The Morgan fingerprint density at radius 1 is 1.38 bits per heavy atom. The third-order valence-electron chi connectivity index (χ3n) is 3.40. The fourth-order valence-electron chi connectivity index (χ4n) is 2.41. The van der Waals surface area contributed by atoms with Gasteiger partial charge in [0.15, 0.2) is 0 Å². The van der Waals surface area contributed by atoms with Crippen molar-refractivity contribution in [2.24, 2.45) is 0 Å². The van der Waals surface area contributed by atoms with Crippen LogP contribution in [0.25, 0.3) is 5.65 Å². The van der Waals surface area contributed by atoms with Gasteiger partial charge in [-0.1, -0.05) is 0 Å². The molecule has 3 rings (SSSR count). The normalized spacial score (nSPS) is 18.3. The van der Waals surface area contributed by atoms with Crippen LogP contribution in [-0.4, -0.2) is 27.4 Å². The lowest BCUT2D eigenvalue weighted by Crippen LogP contribution is -2.14. The smallest absolute Gasteiger partial charge is 0.135 e. The molecule has 0 unspecified atom stereocenters. The van der Waals surface area contributed by atoms with E-state index in [0.717, 1.165) is 32.6 Å². The fraction of sp³-hybridized carbons (Fsp3) is 0.583. The average molecular weight is 219 g/mol. The van der Waals surface area contributed by atoms with Gasteiger partial charge in [0, 0.05) is 44.1 Å². The minimum atomic E-state index is 0.582. The Hall–Kier alpha value is -1.29. The van der Waals surface area contributed by atoms with Crippen LogP contribution in [0.4, 0.5) is 0 Å². The van der Waals surface area contributed by atoms with Gasteiger partial charge in [-0.05, 0) is 19.8 Å². The van der Waals surface area contributed by atoms with E-state index in [1.54, 1.807) is 0 Å². The number of imidazole rings is 1. The van der Waals surface area contributed by atoms with Crippen molar-refractivity contribution in [3.63, 3.8) is 0 Å². The molecule has 0 aromatic carbocycles. The number of aryl methyl sites for hydroxylation is 1. The molecule has 3 heterocycles. The van der Waals surface area contributed by atoms with Crippen LogP contribution in [0.1, 0.15) is 31.4 Å². The molecule has 0 atom stereocenters.